The average Bonchev–Trinajstić information content (AvgIpc) is 2.89. The van der Waals surface area contributed by atoms with Crippen LogP contribution >= 0.6 is 0 Å². The van der Waals surface area contributed by atoms with Gasteiger partial charge in [0.05, 0.1) is 22.9 Å². The van der Waals surface area contributed by atoms with E-state index in [4.69, 9.17) is 0 Å². The van der Waals surface area contributed by atoms with Crippen molar-refractivity contribution in [3.63, 3.8) is 0 Å². The van der Waals surface area contributed by atoms with Crippen molar-refractivity contribution in [1.82, 2.24) is 14.9 Å². The lowest BCUT2D eigenvalue weighted by Gasteiger charge is -2.34. The smallest absolute Gasteiger partial charge is 0.349 e. The van der Waals surface area contributed by atoms with Crippen molar-refractivity contribution in [2.24, 2.45) is 0 Å². The van der Waals surface area contributed by atoms with Crippen LogP contribution in [0, 0.1) is 0 Å². The number of nitrogens with zero attached hydrogens (tertiary/aromatic N) is 1. The third-order valence-electron chi connectivity index (χ3n) is 7.74. The molecule has 1 amide bonds. The Morgan fingerprint density at radius 3 is 2.46 bits per heavy atom. The zero-order valence-electron chi connectivity index (χ0n) is 22.5. The molecular weight excluding hydrogens is 572 g/mol. The Hall–Kier alpha value is -2.64. The predicted molar refractivity (Wildman–Crippen MR) is 140 cm³/mol. The number of piperidine rings is 1. The van der Waals surface area contributed by atoms with E-state index in [-0.39, 0.29) is 6.07 Å². The highest BCUT2D eigenvalue weighted by molar-refractivity contribution is 7.89. The van der Waals surface area contributed by atoms with Crippen LogP contribution in [0.25, 0.3) is 0 Å². The molecule has 2 N–H and O–H groups in total. The molecule has 4 rings (SSSR count). The van der Waals surface area contributed by atoms with E-state index < -0.39 is 57.2 Å². The number of halogens is 6. The van der Waals surface area contributed by atoms with E-state index in [1.54, 1.807) is 0 Å². The van der Waals surface area contributed by atoms with Crippen LogP contribution in [-0.4, -0.2) is 44.0 Å². The van der Waals surface area contributed by atoms with Crippen LogP contribution in [0.2, 0.25) is 0 Å². The van der Waals surface area contributed by atoms with Gasteiger partial charge in [0.2, 0.25) is 15.9 Å². The van der Waals surface area contributed by atoms with Crippen LogP contribution in [0.15, 0.2) is 47.4 Å². The topological polar surface area (TPSA) is 78.5 Å². The SMILES string of the molecule is C[C@@H]1CCCCN1Cc1ccc2c(c1)CCC[C@H]2NC(=O)C[C@@H](NS(=O)(=O)c1cccc(C(F)(F)F)c1)C(F)(F)F. The Morgan fingerprint density at radius 1 is 1.02 bits per heavy atom. The Kier molecular flexibility index (Phi) is 9.39. The van der Waals surface area contributed by atoms with E-state index in [1.165, 1.54) is 11.1 Å². The summed E-state index contributed by atoms with van der Waals surface area (Å²) in [6, 6.07) is 5.43. The van der Waals surface area contributed by atoms with Crippen LogP contribution in [0.1, 0.15) is 73.7 Å². The molecule has 2 aromatic rings. The number of hydrogen-bond donors (Lipinski definition) is 2. The molecule has 0 saturated carbocycles. The zero-order valence-corrected chi connectivity index (χ0v) is 23.3. The van der Waals surface area contributed by atoms with Crippen LogP contribution in [-0.2, 0) is 34.0 Å². The van der Waals surface area contributed by atoms with E-state index in [9.17, 15) is 39.6 Å². The highest BCUT2D eigenvalue weighted by Crippen LogP contribution is 2.33. The summed E-state index contributed by atoms with van der Waals surface area (Å²) in [5, 5.41) is 2.61. The van der Waals surface area contributed by atoms with Gasteiger partial charge in [-0.1, -0.05) is 30.7 Å². The number of carbonyl (C=O) groups is 1. The summed E-state index contributed by atoms with van der Waals surface area (Å²) in [4.78, 5) is 14.2. The van der Waals surface area contributed by atoms with Crippen molar-refractivity contribution in [3.05, 3.63) is 64.7 Å². The van der Waals surface area contributed by atoms with Crippen molar-refractivity contribution in [2.75, 3.05) is 6.54 Å². The monoisotopic (exact) mass is 605 g/mol. The van der Waals surface area contributed by atoms with Gasteiger partial charge in [0, 0.05) is 12.6 Å². The fourth-order valence-electron chi connectivity index (χ4n) is 5.50. The largest absolute Gasteiger partial charge is 0.416 e. The molecule has 226 valence electrons. The molecule has 2 aliphatic rings. The number of sulfonamides is 1. The number of amides is 1. The molecule has 0 spiro atoms. The quantitative estimate of drug-likeness (QED) is 0.369. The van der Waals surface area contributed by atoms with Crippen LogP contribution in [0.5, 0.6) is 0 Å². The summed E-state index contributed by atoms with van der Waals surface area (Å²) in [5.41, 5.74) is 1.63. The number of hydrogen-bond acceptors (Lipinski definition) is 4. The standard InChI is InChI=1S/C28H33F6N3O3S/c1-18-6-2-3-13-37(18)17-19-11-12-23-20(14-19)7-4-10-24(23)35-26(38)16-25(28(32,33)34)36-41(39,40)22-9-5-8-21(15-22)27(29,30)31/h5,8-9,11-12,14-15,18,24-25,36H,2-4,6-7,10,13,16-17H2,1H3,(H,35,38)/t18-,24-,25-/m1/s1. The summed E-state index contributed by atoms with van der Waals surface area (Å²) in [6.45, 7) is 4.02. The van der Waals surface area contributed by atoms with Gasteiger partial charge in [0.15, 0.2) is 0 Å². The maximum absolute atomic E-state index is 13.8. The number of benzene rings is 2. The molecule has 6 nitrogen and oxygen atoms in total. The second-order valence-corrected chi connectivity index (χ2v) is 12.5. The van der Waals surface area contributed by atoms with Crippen molar-refractivity contribution >= 4 is 15.9 Å². The molecule has 3 atom stereocenters. The van der Waals surface area contributed by atoms with Crippen molar-refractivity contribution in [2.45, 2.75) is 93.8 Å². The van der Waals surface area contributed by atoms with Gasteiger partial charge in [-0.3, -0.25) is 9.69 Å². The maximum atomic E-state index is 13.8. The third-order valence-corrected chi connectivity index (χ3v) is 9.21. The van der Waals surface area contributed by atoms with Gasteiger partial charge in [-0.15, -0.1) is 0 Å². The minimum Gasteiger partial charge on any atom is -0.349 e. The fourth-order valence-corrected chi connectivity index (χ4v) is 6.77. The maximum Gasteiger partial charge on any atom is 0.416 e. The molecule has 0 aromatic heterocycles. The summed E-state index contributed by atoms with van der Waals surface area (Å²) >= 11 is 0. The second kappa shape index (κ2) is 12.3. The average molecular weight is 606 g/mol. The molecule has 1 saturated heterocycles. The minimum atomic E-state index is -5.17. The van der Waals surface area contributed by atoms with Gasteiger partial charge < -0.3 is 5.32 Å². The van der Waals surface area contributed by atoms with Gasteiger partial charge in [-0.25, -0.2) is 8.42 Å². The molecule has 41 heavy (non-hydrogen) atoms. The Labute approximate surface area is 235 Å². The summed E-state index contributed by atoms with van der Waals surface area (Å²) in [6.07, 6.45) is -5.82. The lowest BCUT2D eigenvalue weighted by molar-refractivity contribution is -0.158. The predicted octanol–water partition coefficient (Wildman–Crippen LogP) is 5.87. The molecule has 0 unspecified atom stereocenters. The zero-order chi connectivity index (χ0) is 30.0. The first kappa shape index (κ1) is 31.3. The van der Waals surface area contributed by atoms with Gasteiger partial charge >= 0.3 is 12.4 Å². The van der Waals surface area contributed by atoms with Crippen molar-refractivity contribution in [1.29, 1.82) is 0 Å². The molecule has 1 fully saturated rings. The van der Waals surface area contributed by atoms with E-state index >= 15 is 0 Å². The minimum absolute atomic E-state index is 0.245. The van der Waals surface area contributed by atoms with E-state index in [2.05, 4.69) is 23.2 Å². The number of carbonyl (C=O) groups excluding carboxylic acids is 1. The first-order chi connectivity index (χ1) is 19.1. The molecule has 1 aliphatic heterocycles. The van der Waals surface area contributed by atoms with E-state index in [0.717, 1.165) is 61.2 Å². The Balaban J connectivity index is 1.45. The van der Waals surface area contributed by atoms with Gasteiger partial charge in [0.25, 0.3) is 0 Å². The van der Waals surface area contributed by atoms with E-state index in [1.807, 2.05) is 12.1 Å². The first-order valence-corrected chi connectivity index (χ1v) is 15.0. The third kappa shape index (κ3) is 8.01. The lowest BCUT2D eigenvalue weighted by atomic mass is 9.86. The normalized spacial score (nSPS) is 21.2. The summed E-state index contributed by atoms with van der Waals surface area (Å²) in [5.74, 6) is -1.02. The number of likely N-dealkylation sites (tertiary alicyclic amines) is 1. The number of aryl methyl sites for hydroxylation is 1. The van der Waals surface area contributed by atoms with Crippen molar-refractivity contribution in [3.8, 4) is 0 Å². The lowest BCUT2D eigenvalue weighted by Crippen LogP contribution is -2.48. The van der Waals surface area contributed by atoms with Gasteiger partial charge in [-0.05, 0) is 80.5 Å². The molecule has 13 heteroatoms. The van der Waals surface area contributed by atoms with Crippen LogP contribution in [0.4, 0.5) is 26.3 Å². The Bertz CT molecular complexity index is 1350. The highest BCUT2D eigenvalue weighted by atomic mass is 32.2. The van der Waals surface area contributed by atoms with Crippen molar-refractivity contribution < 1.29 is 39.6 Å². The number of nitrogens with one attached hydrogen (secondary N) is 2. The number of fused-ring (bicyclic) bond motifs is 1. The molecule has 0 bridgehead atoms. The summed E-state index contributed by atoms with van der Waals surface area (Å²) in [7, 11) is -5.03. The number of rotatable bonds is 8. The molecule has 1 heterocycles. The van der Waals surface area contributed by atoms with Gasteiger partial charge in [-0.2, -0.15) is 31.1 Å². The highest BCUT2D eigenvalue weighted by Gasteiger charge is 2.44. The number of alkyl halides is 6. The first-order valence-electron chi connectivity index (χ1n) is 13.5. The van der Waals surface area contributed by atoms with Crippen LogP contribution < -0.4 is 10.0 Å². The fraction of sp³-hybridized carbons (Fsp3) is 0.536. The van der Waals surface area contributed by atoms with Crippen LogP contribution in [0.3, 0.4) is 0 Å². The second-order valence-electron chi connectivity index (χ2n) is 10.8. The Morgan fingerprint density at radius 2 is 1.78 bits per heavy atom. The molecule has 2 aromatic carbocycles. The molecule has 0 radical (unpaired) electrons. The summed E-state index contributed by atoms with van der Waals surface area (Å²) < 4.78 is 107. The molecular formula is C28H33F6N3O3S. The molecule has 1 aliphatic carbocycles. The van der Waals surface area contributed by atoms with E-state index in [0.29, 0.717) is 24.9 Å². The van der Waals surface area contributed by atoms with Gasteiger partial charge in [0.1, 0.15) is 6.04 Å².